The topological polar surface area (TPSA) is 61.4 Å². The molecule has 0 bridgehead atoms. The molecule has 0 aliphatic carbocycles. The Morgan fingerprint density at radius 3 is 2.71 bits per heavy atom. The van der Waals surface area contributed by atoms with Gasteiger partial charge in [0.05, 0.1) is 12.0 Å². The third-order valence-electron chi connectivity index (χ3n) is 5.31. The van der Waals surface area contributed by atoms with Crippen molar-refractivity contribution in [3.63, 3.8) is 0 Å². The van der Waals surface area contributed by atoms with E-state index in [-0.39, 0.29) is 29.8 Å². The van der Waals surface area contributed by atoms with Crippen LogP contribution in [0.4, 0.5) is 0 Å². The van der Waals surface area contributed by atoms with Gasteiger partial charge in [0.25, 0.3) is 0 Å². The Bertz CT molecular complexity index is 590. The molecule has 0 saturated carbocycles. The zero-order chi connectivity index (χ0) is 17.1. The van der Waals surface area contributed by atoms with Crippen molar-refractivity contribution < 1.29 is 9.59 Å². The van der Waals surface area contributed by atoms with Gasteiger partial charge in [-0.1, -0.05) is 30.3 Å². The second kappa shape index (κ2) is 7.34. The summed E-state index contributed by atoms with van der Waals surface area (Å²) in [6.07, 6.45) is 2.99. The molecule has 2 saturated heterocycles. The number of benzene rings is 1. The number of rotatable bonds is 3. The lowest BCUT2D eigenvalue weighted by molar-refractivity contribution is -0.142. The summed E-state index contributed by atoms with van der Waals surface area (Å²) in [7, 11) is 1.81. The van der Waals surface area contributed by atoms with E-state index in [0.717, 1.165) is 24.9 Å². The van der Waals surface area contributed by atoms with Crippen molar-refractivity contribution in [1.29, 1.82) is 0 Å². The molecule has 1 aromatic rings. The van der Waals surface area contributed by atoms with E-state index in [1.54, 1.807) is 4.90 Å². The predicted molar refractivity (Wildman–Crippen MR) is 93.3 cm³/mol. The molecule has 0 aromatic heterocycles. The molecule has 0 radical (unpaired) electrons. The minimum Gasteiger partial charge on any atom is -0.353 e. The molecule has 2 N–H and O–H groups in total. The van der Waals surface area contributed by atoms with Gasteiger partial charge in [0, 0.05) is 25.6 Å². The zero-order valence-electron chi connectivity index (χ0n) is 14.5. The molecule has 5 nitrogen and oxygen atoms in total. The number of carbonyl (C=O) groups excluding carboxylic acids is 2. The van der Waals surface area contributed by atoms with Gasteiger partial charge < -0.3 is 15.5 Å². The second-order valence-corrected chi connectivity index (χ2v) is 7.09. The van der Waals surface area contributed by atoms with Crippen molar-refractivity contribution in [2.75, 3.05) is 13.6 Å². The number of hydrogen-bond acceptors (Lipinski definition) is 3. The number of nitrogens with one attached hydrogen (secondary N) is 2. The number of likely N-dealkylation sites (tertiary alicyclic amines) is 1. The molecule has 2 fully saturated rings. The highest BCUT2D eigenvalue weighted by Crippen LogP contribution is 2.36. The number of carbonyl (C=O) groups is 2. The SMILES string of the molecule is CC1CC(NC(=O)C2CCC(=O)N(C)C2c2ccccc2)CCN1. The molecule has 2 amide bonds. The van der Waals surface area contributed by atoms with Gasteiger partial charge in [-0.15, -0.1) is 0 Å². The lowest BCUT2D eigenvalue weighted by Crippen LogP contribution is -2.51. The van der Waals surface area contributed by atoms with Gasteiger partial charge in [-0.2, -0.15) is 0 Å². The van der Waals surface area contributed by atoms with Crippen LogP contribution < -0.4 is 10.6 Å². The van der Waals surface area contributed by atoms with Crippen molar-refractivity contribution in [3.8, 4) is 0 Å². The van der Waals surface area contributed by atoms with Crippen LogP contribution >= 0.6 is 0 Å². The van der Waals surface area contributed by atoms with Gasteiger partial charge in [-0.25, -0.2) is 0 Å². The molecule has 2 heterocycles. The monoisotopic (exact) mass is 329 g/mol. The van der Waals surface area contributed by atoms with Crippen molar-refractivity contribution in [2.45, 2.75) is 50.7 Å². The lowest BCUT2D eigenvalue weighted by Gasteiger charge is -2.39. The molecule has 24 heavy (non-hydrogen) atoms. The maximum Gasteiger partial charge on any atom is 0.225 e. The van der Waals surface area contributed by atoms with E-state index < -0.39 is 0 Å². The average Bonchev–Trinajstić information content (AvgIpc) is 2.58. The molecule has 2 aliphatic rings. The summed E-state index contributed by atoms with van der Waals surface area (Å²) in [4.78, 5) is 26.8. The van der Waals surface area contributed by atoms with Crippen LogP contribution in [0, 0.1) is 5.92 Å². The van der Waals surface area contributed by atoms with Crippen LogP contribution in [0.3, 0.4) is 0 Å². The van der Waals surface area contributed by atoms with Gasteiger partial charge in [-0.05, 0) is 38.3 Å². The maximum absolute atomic E-state index is 12.9. The molecule has 4 atom stereocenters. The Hall–Kier alpha value is -1.88. The molecule has 3 rings (SSSR count). The number of amides is 2. The van der Waals surface area contributed by atoms with E-state index in [9.17, 15) is 9.59 Å². The van der Waals surface area contributed by atoms with Crippen LogP contribution in [0.5, 0.6) is 0 Å². The van der Waals surface area contributed by atoms with Crippen LogP contribution in [0.1, 0.15) is 44.2 Å². The fourth-order valence-electron chi connectivity index (χ4n) is 3.99. The molecule has 1 aromatic carbocycles. The Morgan fingerprint density at radius 2 is 2.00 bits per heavy atom. The number of nitrogens with zero attached hydrogens (tertiary/aromatic N) is 1. The van der Waals surface area contributed by atoms with Crippen molar-refractivity contribution in [2.24, 2.45) is 5.92 Å². The first-order valence-corrected chi connectivity index (χ1v) is 8.90. The van der Waals surface area contributed by atoms with Crippen LogP contribution in [0.25, 0.3) is 0 Å². The molecule has 0 spiro atoms. The summed E-state index contributed by atoms with van der Waals surface area (Å²) in [5, 5.41) is 6.65. The third kappa shape index (κ3) is 3.61. The molecule has 130 valence electrons. The van der Waals surface area contributed by atoms with Gasteiger partial charge in [0.15, 0.2) is 0 Å². The van der Waals surface area contributed by atoms with Crippen molar-refractivity contribution in [3.05, 3.63) is 35.9 Å². The fraction of sp³-hybridized carbons (Fsp3) is 0.579. The lowest BCUT2D eigenvalue weighted by atomic mass is 9.83. The molecular formula is C19H27N3O2. The van der Waals surface area contributed by atoms with Gasteiger partial charge in [0.1, 0.15) is 0 Å². The number of piperidine rings is 2. The van der Waals surface area contributed by atoms with E-state index in [2.05, 4.69) is 17.6 Å². The smallest absolute Gasteiger partial charge is 0.225 e. The summed E-state index contributed by atoms with van der Waals surface area (Å²) in [6, 6.07) is 10.4. The van der Waals surface area contributed by atoms with Crippen LogP contribution in [-0.4, -0.2) is 42.4 Å². The van der Waals surface area contributed by atoms with Crippen LogP contribution in [0.15, 0.2) is 30.3 Å². The second-order valence-electron chi connectivity index (χ2n) is 7.09. The Balaban J connectivity index is 1.76. The normalized spacial score (nSPS) is 30.9. The minimum absolute atomic E-state index is 0.0855. The predicted octanol–water partition coefficient (Wildman–Crippen LogP) is 1.85. The fourth-order valence-corrected chi connectivity index (χ4v) is 3.99. The molecule has 2 aliphatic heterocycles. The average molecular weight is 329 g/mol. The highest BCUT2D eigenvalue weighted by Gasteiger charge is 2.39. The maximum atomic E-state index is 12.9. The first kappa shape index (κ1) is 17.0. The standard InChI is InChI=1S/C19H27N3O2/c1-13-12-15(10-11-20-13)21-19(24)16-8-9-17(23)22(2)18(16)14-6-4-3-5-7-14/h3-7,13,15-16,18,20H,8-12H2,1-2H3,(H,21,24). The van der Waals surface area contributed by atoms with Gasteiger partial charge in [0.2, 0.25) is 11.8 Å². The van der Waals surface area contributed by atoms with E-state index in [1.165, 1.54) is 0 Å². The minimum atomic E-state index is -0.180. The summed E-state index contributed by atoms with van der Waals surface area (Å²) in [5.41, 5.74) is 1.03. The molecular weight excluding hydrogens is 302 g/mol. The zero-order valence-corrected chi connectivity index (χ0v) is 14.5. The summed E-state index contributed by atoms with van der Waals surface area (Å²) in [5.74, 6) is 0.0194. The Labute approximate surface area is 143 Å². The van der Waals surface area contributed by atoms with E-state index >= 15 is 0 Å². The summed E-state index contributed by atoms with van der Waals surface area (Å²) in [6.45, 7) is 3.09. The van der Waals surface area contributed by atoms with E-state index in [0.29, 0.717) is 18.9 Å². The van der Waals surface area contributed by atoms with Crippen molar-refractivity contribution in [1.82, 2.24) is 15.5 Å². The molecule has 4 unspecified atom stereocenters. The van der Waals surface area contributed by atoms with E-state index in [4.69, 9.17) is 0 Å². The quantitative estimate of drug-likeness (QED) is 0.890. The van der Waals surface area contributed by atoms with Gasteiger partial charge in [-0.3, -0.25) is 9.59 Å². The Morgan fingerprint density at radius 1 is 1.25 bits per heavy atom. The third-order valence-corrected chi connectivity index (χ3v) is 5.31. The van der Waals surface area contributed by atoms with Crippen LogP contribution in [-0.2, 0) is 9.59 Å². The van der Waals surface area contributed by atoms with Crippen molar-refractivity contribution >= 4 is 11.8 Å². The molecule has 5 heteroatoms. The van der Waals surface area contributed by atoms with Gasteiger partial charge >= 0.3 is 0 Å². The Kier molecular flexibility index (Phi) is 5.19. The highest BCUT2D eigenvalue weighted by molar-refractivity contribution is 5.85. The number of hydrogen-bond donors (Lipinski definition) is 2. The highest BCUT2D eigenvalue weighted by atomic mass is 16.2. The van der Waals surface area contributed by atoms with Crippen LogP contribution in [0.2, 0.25) is 0 Å². The van der Waals surface area contributed by atoms with E-state index in [1.807, 2.05) is 37.4 Å². The first-order chi connectivity index (χ1) is 11.6. The summed E-state index contributed by atoms with van der Waals surface area (Å²) >= 11 is 0. The summed E-state index contributed by atoms with van der Waals surface area (Å²) < 4.78 is 0. The largest absolute Gasteiger partial charge is 0.353 e. The first-order valence-electron chi connectivity index (χ1n) is 8.90.